The van der Waals surface area contributed by atoms with E-state index in [-0.39, 0.29) is 0 Å². The van der Waals surface area contributed by atoms with Crippen molar-refractivity contribution in [3.8, 4) is 11.5 Å². The molecular formula is C17H19ClO3. The Morgan fingerprint density at radius 3 is 2.00 bits per heavy atom. The molecule has 0 spiro atoms. The lowest BCUT2D eigenvalue weighted by Gasteiger charge is -2.29. The fourth-order valence-corrected chi connectivity index (χ4v) is 2.63. The van der Waals surface area contributed by atoms with Gasteiger partial charge in [-0.15, -0.1) is 11.6 Å². The van der Waals surface area contributed by atoms with Crippen LogP contribution in [0.2, 0.25) is 0 Å². The number of alkyl halides is 1. The molecule has 2 aromatic rings. The summed E-state index contributed by atoms with van der Waals surface area (Å²) < 4.78 is 10.6. The van der Waals surface area contributed by atoms with Crippen LogP contribution in [0.1, 0.15) is 17.5 Å². The standard InChI is InChI=1S/C17H19ClO3/c1-20-15-10-14(11-16(12-15)21-2)17(19,8-9-18)13-6-4-3-5-7-13/h3-7,10-12,19H,8-9H2,1-2H3. The van der Waals surface area contributed by atoms with Crippen molar-refractivity contribution in [1.82, 2.24) is 0 Å². The Bertz CT molecular complexity index is 564. The Morgan fingerprint density at radius 1 is 0.952 bits per heavy atom. The second-order valence-electron chi connectivity index (χ2n) is 4.77. The molecule has 1 N–H and O–H groups in total. The highest BCUT2D eigenvalue weighted by molar-refractivity contribution is 6.17. The van der Waals surface area contributed by atoms with E-state index in [1.54, 1.807) is 20.3 Å². The van der Waals surface area contributed by atoms with Crippen LogP contribution in [0.25, 0.3) is 0 Å². The van der Waals surface area contributed by atoms with Gasteiger partial charge in [0.05, 0.1) is 14.2 Å². The number of methoxy groups -OCH3 is 2. The summed E-state index contributed by atoms with van der Waals surface area (Å²) in [6, 6.07) is 14.9. The molecule has 0 aliphatic carbocycles. The molecule has 21 heavy (non-hydrogen) atoms. The third-order valence-electron chi connectivity index (χ3n) is 3.54. The predicted octanol–water partition coefficient (Wildman–Crippen LogP) is 3.57. The zero-order valence-corrected chi connectivity index (χ0v) is 12.9. The zero-order valence-electron chi connectivity index (χ0n) is 12.2. The summed E-state index contributed by atoms with van der Waals surface area (Å²) in [5.74, 6) is 1.60. The normalized spacial score (nSPS) is 13.5. The number of aliphatic hydroxyl groups is 1. The minimum absolute atomic E-state index is 0.338. The quantitative estimate of drug-likeness (QED) is 0.829. The van der Waals surface area contributed by atoms with E-state index in [0.29, 0.717) is 29.4 Å². The van der Waals surface area contributed by atoms with Crippen LogP contribution in [0.4, 0.5) is 0 Å². The molecular weight excluding hydrogens is 288 g/mol. The van der Waals surface area contributed by atoms with Crippen LogP contribution >= 0.6 is 11.6 Å². The van der Waals surface area contributed by atoms with Crippen molar-refractivity contribution in [2.24, 2.45) is 0 Å². The summed E-state index contributed by atoms with van der Waals surface area (Å²) in [5, 5.41) is 11.2. The molecule has 0 bridgehead atoms. The molecule has 2 rings (SSSR count). The number of benzene rings is 2. The third kappa shape index (κ3) is 3.31. The maximum atomic E-state index is 11.2. The van der Waals surface area contributed by atoms with Gasteiger partial charge >= 0.3 is 0 Å². The van der Waals surface area contributed by atoms with Gasteiger partial charge in [-0.25, -0.2) is 0 Å². The first-order valence-electron chi connectivity index (χ1n) is 6.71. The average molecular weight is 307 g/mol. The fraction of sp³-hybridized carbons (Fsp3) is 0.294. The van der Waals surface area contributed by atoms with E-state index in [9.17, 15) is 5.11 Å². The Kier molecular flexibility index (Phi) is 5.10. The van der Waals surface area contributed by atoms with Gasteiger partial charge in [0.15, 0.2) is 0 Å². The van der Waals surface area contributed by atoms with Crippen molar-refractivity contribution in [2.45, 2.75) is 12.0 Å². The van der Waals surface area contributed by atoms with Crippen molar-refractivity contribution in [3.63, 3.8) is 0 Å². The van der Waals surface area contributed by atoms with Gasteiger partial charge < -0.3 is 14.6 Å². The van der Waals surface area contributed by atoms with Crippen molar-refractivity contribution < 1.29 is 14.6 Å². The summed E-state index contributed by atoms with van der Waals surface area (Å²) in [5.41, 5.74) is 0.316. The minimum atomic E-state index is -1.18. The van der Waals surface area contributed by atoms with Crippen LogP contribution in [0.5, 0.6) is 11.5 Å². The van der Waals surface area contributed by atoms with Gasteiger partial charge in [0.2, 0.25) is 0 Å². The van der Waals surface area contributed by atoms with Crippen molar-refractivity contribution in [1.29, 1.82) is 0 Å². The molecule has 0 aliphatic heterocycles. The van der Waals surface area contributed by atoms with E-state index in [2.05, 4.69) is 0 Å². The topological polar surface area (TPSA) is 38.7 Å². The van der Waals surface area contributed by atoms with Crippen molar-refractivity contribution in [2.75, 3.05) is 20.1 Å². The van der Waals surface area contributed by atoms with E-state index < -0.39 is 5.60 Å². The van der Waals surface area contributed by atoms with Gasteiger partial charge in [-0.3, -0.25) is 0 Å². The van der Waals surface area contributed by atoms with Gasteiger partial charge in [-0.05, 0) is 29.7 Å². The molecule has 1 unspecified atom stereocenters. The Morgan fingerprint density at radius 2 is 1.52 bits per heavy atom. The molecule has 0 fully saturated rings. The molecule has 3 nitrogen and oxygen atoms in total. The number of hydrogen-bond acceptors (Lipinski definition) is 3. The summed E-state index contributed by atoms with van der Waals surface area (Å²) in [6.45, 7) is 0. The first-order chi connectivity index (χ1) is 10.1. The summed E-state index contributed by atoms with van der Waals surface area (Å²) in [4.78, 5) is 0. The second kappa shape index (κ2) is 6.83. The maximum Gasteiger partial charge on any atom is 0.122 e. The molecule has 1 atom stereocenters. The van der Waals surface area contributed by atoms with Crippen molar-refractivity contribution >= 4 is 11.6 Å². The average Bonchev–Trinajstić information content (AvgIpc) is 2.55. The highest BCUT2D eigenvalue weighted by atomic mass is 35.5. The van der Waals surface area contributed by atoms with Gasteiger partial charge in [0.1, 0.15) is 17.1 Å². The molecule has 112 valence electrons. The van der Waals surface area contributed by atoms with Gasteiger partial charge in [-0.2, -0.15) is 0 Å². The van der Waals surface area contributed by atoms with Crippen LogP contribution in [-0.2, 0) is 5.60 Å². The number of halogens is 1. The predicted molar refractivity (Wildman–Crippen MR) is 84.3 cm³/mol. The summed E-state index contributed by atoms with van der Waals surface area (Å²) in [7, 11) is 3.17. The van der Waals surface area contributed by atoms with Crippen LogP contribution in [-0.4, -0.2) is 25.2 Å². The first kappa shape index (κ1) is 15.7. The lowest BCUT2D eigenvalue weighted by atomic mass is 9.84. The van der Waals surface area contributed by atoms with E-state index in [1.807, 2.05) is 42.5 Å². The zero-order chi connectivity index (χ0) is 15.3. The van der Waals surface area contributed by atoms with E-state index in [1.165, 1.54) is 0 Å². The minimum Gasteiger partial charge on any atom is -0.497 e. The molecule has 0 saturated heterocycles. The monoisotopic (exact) mass is 306 g/mol. The molecule has 0 heterocycles. The SMILES string of the molecule is COc1cc(OC)cc(C(O)(CCCl)c2ccccc2)c1. The summed E-state index contributed by atoms with van der Waals surface area (Å²) >= 11 is 5.91. The van der Waals surface area contributed by atoms with Crippen LogP contribution in [0.15, 0.2) is 48.5 Å². The lowest BCUT2D eigenvalue weighted by Crippen LogP contribution is -2.28. The molecule has 0 radical (unpaired) electrons. The first-order valence-corrected chi connectivity index (χ1v) is 7.25. The summed E-state index contributed by atoms with van der Waals surface area (Å²) in [6.07, 6.45) is 0.398. The van der Waals surface area contributed by atoms with Crippen molar-refractivity contribution in [3.05, 3.63) is 59.7 Å². The Hall–Kier alpha value is -1.71. The van der Waals surface area contributed by atoms with Crippen LogP contribution < -0.4 is 9.47 Å². The van der Waals surface area contributed by atoms with Gasteiger partial charge in [0.25, 0.3) is 0 Å². The number of ether oxygens (including phenoxy) is 2. The number of rotatable bonds is 6. The fourth-order valence-electron chi connectivity index (χ4n) is 2.35. The Balaban J connectivity index is 2.57. The van der Waals surface area contributed by atoms with Crippen LogP contribution in [0.3, 0.4) is 0 Å². The van der Waals surface area contributed by atoms with E-state index >= 15 is 0 Å². The maximum absolute atomic E-state index is 11.2. The third-order valence-corrected chi connectivity index (χ3v) is 3.73. The lowest BCUT2D eigenvalue weighted by molar-refractivity contribution is 0.0769. The highest BCUT2D eigenvalue weighted by Crippen LogP contribution is 2.37. The number of hydrogen-bond donors (Lipinski definition) is 1. The largest absolute Gasteiger partial charge is 0.497 e. The highest BCUT2D eigenvalue weighted by Gasteiger charge is 2.31. The Labute approximate surface area is 130 Å². The van der Waals surface area contributed by atoms with Gasteiger partial charge in [0, 0.05) is 11.9 Å². The van der Waals surface area contributed by atoms with Gasteiger partial charge in [-0.1, -0.05) is 30.3 Å². The molecule has 4 heteroatoms. The molecule has 0 saturated carbocycles. The molecule has 0 amide bonds. The molecule has 0 aromatic heterocycles. The van der Waals surface area contributed by atoms with E-state index in [4.69, 9.17) is 21.1 Å². The van der Waals surface area contributed by atoms with Crippen LogP contribution in [0, 0.1) is 0 Å². The molecule has 2 aromatic carbocycles. The smallest absolute Gasteiger partial charge is 0.122 e. The molecule has 0 aliphatic rings. The van der Waals surface area contributed by atoms with E-state index in [0.717, 1.165) is 5.56 Å². The second-order valence-corrected chi connectivity index (χ2v) is 5.14.